The van der Waals surface area contributed by atoms with Gasteiger partial charge in [0.2, 0.25) is 0 Å². The van der Waals surface area contributed by atoms with Crippen LogP contribution in [0, 0.1) is 6.92 Å². The van der Waals surface area contributed by atoms with Crippen LogP contribution in [0.1, 0.15) is 26.4 Å². The summed E-state index contributed by atoms with van der Waals surface area (Å²) in [5.41, 5.74) is 1.73. The van der Waals surface area contributed by atoms with Crippen molar-refractivity contribution in [1.82, 2.24) is 4.98 Å². The Hall–Kier alpha value is -3.72. The van der Waals surface area contributed by atoms with E-state index in [0.29, 0.717) is 16.9 Å². The van der Waals surface area contributed by atoms with Crippen LogP contribution in [0.2, 0.25) is 0 Å². The standard InChI is InChI=1S/C21H19N3O5S/c1-14-8-10-16(12-19(14)24-30(27,28)17-6-4-3-5-7-17)23-20(25)18-11-9-15(13-22-18)21(26)29-2/h3-13,24H,1-2H3,(H,23,25). The lowest BCUT2D eigenvalue weighted by Crippen LogP contribution is -2.16. The van der Waals surface area contributed by atoms with E-state index in [1.807, 2.05) is 0 Å². The molecule has 3 rings (SSSR count). The molecule has 0 saturated carbocycles. The molecule has 0 atom stereocenters. The number of ether oxygens (including phenoxy) is 1. The second-order valence-corrected chi connectivity index (χ2v) is 8.01. The van der Waals surface area contributed by atoms with Gasteiger partial charge in [0.1, 0.15) is 5.69 Å². The van der Waals surface area contributed by atoms with Gasteiger partial charge in [-0.2, -0.15) is 0 Å². The summed E-state index contributed by atoms with van der Waals surface area (Å²) >= 11 is 0. The average molecular weight is 425 g/mol. The minimum Gasteiger partial charge on any atom is -0.465 e. The highest BCUT2D eigenvalue weighted by Gasteiger charge is 2.16. The molecule has 0 fully saturated rings. The first-order valence-corrected chi connectivity index (χ1v) is 10.3. The molecule has 0 saturated heterocycles. The first-order chi connectivity index (χ1) is 14.3. The molecule has 8 nitrogen and oxygen atoms in total. The number of nitrogens with zero attached hydrogens (tertiary/aromatic N) is 1. The number of aromatic nitrogens is 1. The van der Waals surface area contributed by atoms with Crippen molar-refractivity contribution in [2.75, 3.05) is 17.1 Å². The monoisotopic (exact) mass is 425 g/mol. The van der Waals surface area contributed by atoms with Gasteiger partial charge in [0, 0.05) is 11.9 Å². The molecule has 0 aliphatic heterocycles. The van der Waals surface area contributed by atoms with Crippen LogP contribution in [0.5, 0.6) is 0 Å². The maximum absolute atomic E-state index is 12.6. The number of carbonyl (C=O) groups excluding carboxylic acids is 2. The van der Waals surface area contributed by atoms with Gasteiger partial charge >= 0.3 is 5.97 Å². The third-order valence-corrected chi connectivity index (χ3v) is 5.59. The minimum atomic E-state index is -3.77. The van der Waals surface area contributed by atoms with Crippen LogP contribution in [-0.4, -0.2) is 32.4 Å². The van der Waals surface area contributed by atoms with Crippen LogP contribution in [-0.2, 0) is 14.8 Å². The minimum absolute atomic E-state index is 0.0923. The van der Waals surface area contributed by atoms with E-state index in [1.165, 1.54) is 43.6 Å². The highest BCUT2D eigenvalue weighted by molar-refractivity contribution is 7.92. The van der Waals surface area contributed by atoms with E-state index < -0.39 is 21.9 Å². The molecule has 0 spiro atoms. The Morgan fingerprint density at radius 2 is 1.73 bits per heavy atom. The van der Waals surface area contributed by atoms with Crippen LogP contribution in [0.3, 0.4) is 0 Å². The number of aryl methyl sites for hydroxylation is 1. The SMILES string of the molecule is COC(=O)c1ccc(C(=O)Nc2ccc(C)c(NS(=O)(=O)c3ccccc3)c2)nc1. The number of carbonyl (C=O) groups is 2. The van der Waals surface area contributed by atoms with Gasteiger partial charge in [-0.1, -0.05) is 24.3 Å². The zero-order chi connectivity index (χ0) is 21.7. The molecule has 2 aromatic carbocycles. The van der Waals surface area contributed by atoms with Gasteiger partial charge in [0.25, 0.3) is 15.9 Å². The van der Waals surface area contributed by atoms with E-state index in [2.05, 4.69) is 19.8 Å². The number of anilines is 2. The van der Waals surface area contributed by atoms with Crippen molar-refractivity contribution in [3.05, 3.63) is 83.7 Å². The molecule has 1 heterocycles. The number of amides is 1. The molecule has 0 bridgehead atoms. The first kappa shape index (κ1) is 21.0. The number of sulfonamides is 1. The van der Waals surface area contributed by atoms with Crippen LogP contribution < -0.4 is 10.0 Å². The van der Waals surface area contributed by atoms with Crippen molar-refractivity contribution < 1.29 is 22.7 Å². The number of methoxy groups -OCH3 is 1. The van der Waals surface area contributed by atoms with Gasteiger partial charge in [-0.3, -0.25) is 14.5 Å². The topological polar surface area (TPSA) is 114 Å². The van der Waals surface area contributed by atoms with Gasteiger partial charge in [-0.05, 0) is 48.9 Å². The van der Waals surface area contributed by atoms with Crippen LogP contribution in [0.15, 0.2) is 71.8 Å². The van der Waals surface area contributed by atoms with Crippen molar-refractivity contribution in [3.8, 4) is 0 Å². The van der Waals surface area contributed by atoms with E-state index in [4.69, 9.17) is 0 Å². The summed E-state index contributed by atoms with van der Waals surface area (Å²) in [5, 5.41) is 2.66. The van der Waals surface area contributed by atoms with Crippen LogP contribution in [0.25, 0.3) is 0 Å². The molecule has 1 amide bonds. The third kappa shape index (κ3) is 4.81. The number of pyridine rings is 1. The Morgan fingerprint density at radius 1 is 1.00 bits per heavy atom. The van der Waals surface area contributed by atoms with E-state index in [-0.39, 0.29) is 16.2 Å². The summed E-state index contributed by atoms with van der Waals surface area (Å²) in [5.74, 6) is -1.06. The van der Waals surface area contributed by atoms with Gasteiger partial charge in [-0.15, -0.1) is 0 Å². The molecular formula is C21H19N3O5S. The molecule has 30 heavy (non-hydrogen) atoms. The molecule has 0 radical (unpaired) electrons. The molecule has 1 aromatic heterocycles. The van der Waals surface area contributed by atoms with E-state index in [1.54, 1.807) is 37.3 Å². The van der Waals surface area contributed by atoms with Crippen LogP contribution >= 0.6 is 0 Å². The number of rotatable bonds is 6. The fourth-order valence-corrected chi connectivity index (χ4v) is 3.72. The van der Waals surface area contributed by atoms with Crippen molar-refractivity contribution in [3.63, 3.8) is 0 Å². The molecule has 0 unspecified atom stereocenters. The quantitative estimate of drug-likeness (QED) is 0.586. The van der Waals surface area contributed by atoms with Gasteiger partial charge in [-0.25, -0.2) is 13.2 Å². The largest absolute Gasteiger partial charge is 0.465 e. The Balaban J connectivity index is 1.78. The highest BCUT2D eigenvalue weighted by atomic mass is 32.2. The number of benzene rings is 2. The van der Waals surface area contributed by atoms with E-state index >= 15 is 0 Å². The highest BCUT2D eigenvalue weighted by Crippen LogP contribution is 2.24. The number of nitrogens with one attached hydrogen (secondary N) is 2. The lowest BCUT2D eigenvalue weighted by Gasteiger charge is -2.13. The van der Waals surface area contributed by atoms with Gasteiger partial charge < -0.3 is 10.1 Å². The van der Waals surface area contributed by atoms with E-state index in [0.717, 1.165) is 0 Å². The average Bonchev–Trinajstić information content (AvgIpc) is 2.76. The fraction of sp³-hybridized carbons (Fsp3) is 0.0952. The molecule has 9 heteroatoms. The summed E-state index contributed by atoms with van der Waals surface area (Å²) in [7, 11) is -2.51. The Labute approximate surface area is 174 Å². The normalized spacial score (nSPS) is 10.9. The lowest BCUT2D eigenvalue weighted by atomic mass is 10.2. The summed E-state index contributed by atoms with van der Waals surface area (Å²) in [6, 6.07) is 15.7. The van der Waals surface area contributed by atoms with Crippen molar-refractivity contribution in [2.45, 2.75) is 11.8 Å². The van der Waals surface area contributed by atoms with Crippen LogP contribution in [0.4, 0.5) is 11.4 Å². The van der Waals surface area contributed by atoms with Crippen molar-refractivity contribution in [2.24, 2.45) is 0 Å². The molecule has 0 aliphatic rings. The summed E-state index contributed by atoms with van der Waals surface area (Å²) in [6.45, 7) is 1.75. The zero-order valence-electron chi connectivity index (χ0n) is 16.2. The van der Waals surface area contributed by atoms with Crippen molar-refractivity contribution >= 4 is 33.3 Å². The fourth-order valence-electron chi connectivity index (χ4n) is 2.57. The Bertz CT molecular complexity index is 1180. The maximum atomic E-state index is 12.6. The van der Waals surface area contributed by atoms with E-state index in [9.17, 15) is 18.0 Å². The molecule has 3 aromatic rings. The molecule has 154 valence electrons. The van der Waals surface area contributed by atoms with Gasteiger partial charge in [0.05, 0.1) is 23.3 Å². The molecule has 0 aliphatic carbocycles. The number of esters is 1. The zero-order valence-corrected chi connectivity index (χ0v) is 17.1. The number of hydrogen-bond acceptors (Lipinski definition) is 6. The molecule has 2 N–H and O–H groups in total. The summed E-state index contributed by atoms with van der Waals surface area (Å²) < 4.78 is 32.3. The van der Waals surface area contributed by atoms with Gasteiger partial charge in [0.15, 0.2) is 0 Å². The second-order valence-electron chi connectivity index (χ2n) is 6.33. The third-order valence-electron chi connectivity index (χ3n) is 4.21. The number of hydrogen-bond donors (Lipinski definition) is 2. The Kier molecular flexibility index (Phi) is 6.12. The summed E-state index contributed by atoms with van der Waals surface area (Å²) in [4.78, 5) is 28.0. The summed E-state index contributed by atoms with van der Waals surface area (Å²) in [6.07, 6.45) is 1.25. The smallest absolute Gasteiger partial charge is 0.339 e. The predicted molar refractivity (Wildman–Crippen MR) is 112 cm³/mol. The predicted octanol–water partition coefficient (Wildman–Crippen LogP) is 3.23. The first-order valence-electron chi connectivity index (χ1n) is 8.84. The lowest BCUT2D eigenvalue weighted by molar-refractivity contribution is 0.0600. The second kappa shape index (κ2) is 8.75. The Morgan fingerprint density at radius 3 is 2.37 bits per heavy atom. The van der Waals surface area contributed by atoms with Crippen molar-refractivity contribution in [1.29, 1.82) is 0 Å². The maximum Gasteiger partial charge on any atom is 0.339 e. The molecular weight excluding hydrogens is 406 g/mol.